The number of rotatable bonds is 1. The predicted octanol–water partition coefficient (Wildman–Crippen LogP) is 7.80. The van der Waals surface area contributed by atoms with Crippen LogP contribution in [0.15, 0.2) is 54.7 Å². The van der Waals surface area contributed by atoms with Crippen molar-refractivity contribution in [2.75, 3.05) is 0 Å². The Morgan fingerprint density at radius 1 is 0.727 bits per heavy atom. The molecule has 0 aliphatic heterocycles. The minimum atomic E-state index is -2.22. The summed E-state index contributed by atoms with van der Waals surface area (Å²) in [5.41, 5.74) is 9.86. The average Bonchev–Trinajstić information content (AvgIpc) is 2.77. The number of benzene rings is 3. The zero-order chi connectivity index (χ0) is 26.4. The fourth-order valence-electron chi connectivity index (χ4n) is 5.77. The van der Waals surface area contributed by atoms with Gasteiger partial charge < -0.3 is 0 Å². The monoisotopic (exact) mass is 437 g/mol. The molecule has 1 heteroatoms. The summed E-state index contributed by atoms with van der Waals surface area (Å²) in [6.07, 6.45) is 2.10. The summed E-state index contributed by atoms with van der Waals surface area (Å²) >= 11 is 0. The van der Waals surface area contributed by atoms with Gasteiger partial charge in [0.25, 0.3) is 0 Å². The molecule has 5 rings (SSSR count). The molecule has 1 nitrogen and oxygen atoms in total. The van der Waals surface area contributed by atoms with E-state index >= 15 is 0 Å². The largest absolute Gasteiger partial charge is 0.213 e. The zero-order valence-electron chi connectivity index (χ0n) is 24.1. The van der Waals surface area contributed by atoms with Crippen LogP contribution in [0.5, 0.6) is 0 Å². The molecule has 33 heavy (non-hydrogen) atoms. The lowest BCUT2D eigenvalue weighted by Crippen LogP contribution is -2.45. The Bertz CT molecular complexity index is 1550. The lowest BCUT2D eigenvalue weighted by atomic mass is 9.53. The minimum Gasteiger partial charge on any atom is -0.201 e. The molecule has 4 aromatic rings. The smallest absolute Gasteiger partial charge is 0.201 e. The van der Waals surface area contributed by atoms with E-state index < -0.39 is 6.85 Å². The van der Waals surface area contributed by atoms with Crippen molar-refractivity contribution in [3.8, 4) is 22.4 Å². The highest BCUT2D eigenvalue weighted by molar-refractivity contribution is 5.95. The second kappa shape index (κ2) is 7.03. The first-order valence-corrected chi connectivity index (χ1v) is 11.8. The van der Waals surface area contributed by atoms with Gasteiger partial charge in [-0.15, -0.1) is 0 Å². The van der Waals surface area contributed by atoms with Crippen molar-refractivity contribution in [1.82, 2.24) is 0 Å². The summed E-state index contributed by atoms with van der Waals surface area (Å²) in [6, 6.07) is 17.3. The Morgan fingerprint density at radius 3 is 2.18 bits per heavy atom. The molecule has 1 aliphatic carbocycles. The number of hydrogen-bond donors (Lipinski definition) is 0. The minimum absolute atomic E-state index is 0.232. The van der Waals surface area contributed by atoms with E-state index in [1.807, 2.05) is 6.07 Å². The van der Waals surface area contributed by atoms with Crippen LogP contribution in [0.2, 0.25) is 0 Å². The molecular weight excluding hydrogens is 398 g/mol. The van der Waals surface area contributed by atoms with E-state index in [-0.39, 0.29) is 10.8 Å². The van der Waals surface area contributed by atoms with E-state index in [4.69, 9.17) is 4.11 Å². The van der Waals surface area contributed by atoms with Gasteiger partial charge in [-0.1, -0.05) is 57.5 Å². The molecule has 0 unspecified atom stereocenters. The van der Waals surface area contributed by atoms with Crippen LogP contribution in [-0.2, 0) is 17.9 Å². The fourth-order valence-corrected chi connectivity index (χ4v) is 5.77. The standard InChI is InChI=1S/C32H36N/c1-19-10-11-23-17-25-26(18-24(23)14-19)31(5,6)32(7,8)30-28(25)21(3)16-22(4)29(30)27-15-20(2)12-13-33(27)9/h10-18H,1-9H3/q+1/i3D3. The second-order valence-electron chi connectivity index (χ2n) is 11.1. The third kappa shape index (κ3) is 3.01. The van der Waals surface area contributed by atoms with Gasteiger partial charge in [0.1, 0.15) is 7.05 Å². The molecule has 0 bridgehead atoms. The van der Waals surface area contributed by atoms with Gasteiger partial charge in [-0.25, -0.2) is 4.57 Å². The van der Waals surface area contributed by atoms with Crippen LogP contribution < -0.4 is 4.57 Å². The van der Waals surface area contributed by atoms with E-state index in [1.54, 1.807) is 0 Å². The van der Waals surface area contributed by atoms with E-state index in [0.29, 0.717) is 5.56 Å². The van der Waals surface area contributed by atoms with Crippen molar-refractivity contribution >= 4 is 10.8 Å². The van der Waals surface area contributed by atoms with Gasteiger partial charge >= 0.3 is 0 Å². The quantitative estimate of drug-likeness (QED) is 0.267. The Hall–Kier alpha value is -2.93. The molecule has 0 spiro atoms. The highest BCUT2D eigenvalue weighted by atomic mass is 14.9. The van der Waals surface area contributed by atoms with Crippen LogP contribution in [0.3, 0.4) is 0 Å². The van der Waals surface area contributed by atoms with Crippen molar-refractivity contribution in [1.29, 1.82) is 0 Å². The molecule has 1 heterocycles. The van der Waals surface area contributed by atoms with E-state index in [2.05, 4.69) is 109 Å². The van der Waals surface area contributed by atoms with Crippen molar-refractivity contribution in [2.24, 2.45) is 7.05 Å². The maximum Gasteiger partial charge on any atom is 0.213 e. The molecule has 168 valence electrons. The third-order valence-corrected chi connectivity index (χ3v) is 8.35. The SMILES string of the molecule is [2H]C([2H])([2H])c1cc(C)c(-c2cc(C)cc[n+]2C)c2c1-c1cc3ccc(C)cc3cc1C(C)(C)C2(C)C. The summed E-state index contributed by atoms with van der Waals surface area (Å²) in [4.78, 5) is 0. The second-order valence-corrected chi connectivity index (χ2v) is 11.1. The maximum atomic E-state index is 8.55. The number of aryl methyl sites for hydroxylation is 5. The van der Waals surface area contributed by atoms with Crippen molar-refractivity contribution in [3.05, 3.63) is 88.1 Å². The number of aromatic nitrogens is 1. The maximum absolute atomic E-state index is 8.55. The van der Waals surface area contributed by atoms with Crippen LogP contribution in [0.4, 0.5) is 0 Å². The van der Waals surface area contributed by atoms with E-state index in [0.717, 1.165) is 38.9 Å². The number of fused-ring (bicyclic) bond motifs is 4. The number of nitrogens with zero attached hydrogens (tertiary/aromatic N) is 1. The zero-order valence-corrected chi connectivity index (χ0v) is 21.1. The van der Waals surface area contributed by atoms with Gasteiger partial charge in [0.05, 0.1) is 5.56 Å². The number of pyridine rings is 1. The highest BCUT2D eigenvalue weighted by Gasteiger charge is 2.48. The Balaban J connectivity index is 2.04. The van der Waals surface area contributed by atoms with Gasteiger partial charge in [0, 0.05) is 21.7 Å². The van der Waals surface area contributed by atoms with Crippen LogP contribution in [0, 0.1) is 27.6 Å². The number of hydrogen-bond acceptors (Lipinski definition) is 0. The van der Waals surface area contributed by atoms with Gasteiger partial charge in [-0.2, -0.15) is 0 Å². The highest BCUT2D eigenvalue weighted by Crippen LogP contribution is 2.58. The molecule has 3 aromatic carbocycles. The molecular formula is C32H36N+. The molecule has 1 aliphatic rings. The molecule has 0 saturated heterocycles. The Labute approximate surface area is 203 Å². The molecule has 0 saturated carbocycles. The van der Waals surface area contributed by atoms with E-state index in [1.165, 1.54) is 22.1 Å². The molecule has 0 amide bonds. The molecule has 1 aromatic heterocycles. The van der Waals surface area contributed by atoms with E-state index in [9.17, 15) is 0 Å². The van der Waals surface area contributed by atoms with Crippen molar-refractivity contribution in [3.63, 3.8) is 0 Å². The summed E-state index contributed by atoms with van der Waals surface area (Å²) < 4.78 is 27.8. The van der Waals surface area contributed by atoms with Crippen LogP contribution in [0.1, 0.15) is 65.2 Å². The van der Waals surface area contributed by atoms with Gasteiger partial charge in [0.15, 0.2) is 6.20 Å². The Kier molecular flexibility index (Phi) is 3.94. The van der Waals surface area contributed by atoms with Gasteiger partial charge in [-0.3, -0.25) is 0 Å². The fraction of sp³-hybridized carbons (Fsp3) is 0.344. The van der Waals surface area contributed by atoms with Crippen LogP contribution in [-0.4, -0.2) is 0 Å². The molecule has 0 fully saturated rings. The third-order valence-electron chi connectivity index (χ3n) is 8.35. The Morgan fingerprint density at radius 2 is 1.45 bits per heavy atom. The van der Waals surface area contributed by atoms with Crippen molar-refractivity contribution < 1.29 is 8.68 Å². The molecule has 0 N–H and O–H groups in total. The molecule has 0 atom stereocenters. The molecule has 0 radical (unpaired) electrons. The van der Waals surface area contributed by atoms with Crippen molar-refractivity contribution in [2.45, 2.75) is 66.1 Å². The summed E-state index contributed by atoms with van der Waals surface area (Å²) in [5.74, 6) is 0. The summed E-state index contributed by atoms with van der Waals surface area (Å²) in [5, 5.41) is 2.34. The predicted molar refractivity (Wildman–Crippen MR) is 141 cm³/mol. The topological polar surface area (TPSA) is 3.88 Å². The van der Waals surface area contributed by atoms with Crippen LogP contribution in [0.25, 0.3) is 33.2 Å². The summed E-state index contributed by atoms with van der Waals surface area (Å²) in [7, 11) is 2.07. The first-order chi connectivity index (χ1) is 16.6. The lowest BCUT2D eigenvalue weighted by molar-refractivity contribution is -0.660. The summed E-state index contributed by atoms with van der Waals surface area (Å²) in [6.45, 7) is 13.3. The first-order valence-electron chi connectivity index (χ1n) is 13.3. The first kappa shape index (κ1) is 18.5. The van der Waals surface area contributed by atoms with Gasteiger partial charge in [0.2, 0.25) is 5.69 Å². The lowest BCUT2D eigenvalue weighted by Gasteiger charge is -2.49. The average molecular weight is 438 g/mol. The normalized spacial score (nSPS) is 17.6. The van der Waals surface area contributed by atoms with Gasteiger partial charge in [-0.05, 0) is 94.9 Å². The van der Waals surface area contributed by atoms with Crippen LogP contribution >= 0.6 is 0 Å².